The predicted octanol–water partition coefficient (Wildman–Crippen LogP) is 5.52. The fourth-order valence-corrected chi connectivity index (χ4v) is 5.26. The van der Waals surface area contributed by atoms with Gasteiger partial charge in [0, 0.05) is 23.5 Å². The highest BCUT2D eigenvalue weighted by Gasteiger charge is 2.28. The van der Waals surface area contributed by atoms with Crippen molar-refractivity contribution < 1.29 is 13.7 Å². The third-order valence-electron chi connectivity index (χ3n) is 5.36. The second-order valence-electron chi connectivity index (χ2n) is 7.38. The molecule has 2 heterocycles. The summed E-state index contributed by atoms with van der Waals surface area (Å²) in [6, 6.07) is 5.51. The maximum Gasteiger partial charge on any atom is 0.231 e. The van der Waals surface area contributed by atoms with E-state index in [4.69, 9.17) is 20.8 Å². The maximum atomic E-state index is 13.1. The number of aromatic nitrogens is 3. The predicted molar refractivity (Wildman–Crippen MR) is 123 cm³/mol. The smallest absolute Gasteiger partial charge is 0.231 e. The number of oxazole rings is 1. The Hall–Kier alpha value is -2.57. The molecule has 10 heteroatoms. The van der Waals surface area contributed by atoms with Crippen molar-refractivity contribution in [2.75, 3.05) is 30.1 Å². The summed E-state index contributed by atoms with van der Waals surface area (Å²) < 4.78 is 24.3. The van der Waals surface area contributed by atoms with Gasteiger partial charge in [0.15, 0.2) is 11.7 Å². The lowest BCUT2D eigenvalue weighted by Gasteiger charge is -2.18. The zero-order chi connectivity index (χ0) is 22.0. The minimum atomic E-state index is -2.42. The molecule has 0 aliphatic heterocycles. The lowest BCUT2D eigenvalue weighted by molar-refractivity contribution is 0.417. The number of ether oxygens (including phenoxy) is 1. The monoisotopic (exact) mass is 461 g/mol. The largest absolute Gasteiger partial charge is 0.495 e. The van der Waals surface area contributed by atoms with E-state index < -0.39 is 7.14 Å². The number of hydrogen-bond acceptors (Lipinski definition) is 8. The van der Waals surface area contributed by atoms with Crippen LogP contribution in [0.4, 0.5) is 23.3 Å². The van der Waals surface area contributed by atoms with Gasteiger partial charge in [0.1, 0.15) is 17.9 Å². The Morgan fingerprint density at radius 1 is 1.19 bits per heavy atom. The molecule has 8 nitrogen and oxygen atoms in total. The third kappa shape index (κ3) is 4.70. The van der Waals surface area contributed by atoms with Crippen LogP contribution in [0.15, 0.2) is 35.0 Å². The van der Waals surface area contributed by atoms with E-state index in [0.717, 1.165) is 24.0 Å². The summed E-state index contributed by atoms with van der Waals surface area (Å²) in [6.07, 6.45) is 6.56. The summed E-state index contributed by atoms with van der Waals surface area (Å²) >= 11 is 6.31. The van der Waals surface area contributed by atoms with Gasteiger partial charge in [-0.05, 0) is 31.0 Å². The Bertz CT molecular complexity index is 1120. The first-order valence-corrected chi connectivity index (χ1v) is 12.7. The standard InChI is InChI=1S/C21H25ClN5O3P/c1-4-31(28,5-2)14-8-9-16(17(10-14)29-3)25-19-15(22)11-24-21(27-19)26-18-12-23-20(30-18)13-6-7-13/h8-13H,4-7H2,1-3H3,(H2,24,25,26,27). The molecule has 1 fully saturated rings. The molecule has 0 amide bonds. The van der Waals surface area contributed by atoms with Crippen LogP contribution < -0.4 is 20.7 Å². The number of nitrogens with one attached hydrogen (secondary N) is 2. The number of rotatable bonds is 9. The lowest BCUT2D eigenvalue weighted by Crippen LogP contribution is -2.10. The zero-order valence-electron chi connectivity index (χ0n) is 17.7. The number of halogens is 1. The van der Waals surface area contributed by atoms with Crippen LogP contribution in [-0.2, 0) is 4.57 Å². The molecule has 0 unspecified atom stereocenters. The molecule has 0 spiro atoms. The maximum absolute atomic E-state index is 13.1. The van der Waals surface area contributed by atoms with Gasteiger partial charge in [-0.3, -0.25) is 5.32 Å². The molecule has 2 N–H and O–H groups in total. The van der Waals surface area contributed by atoms with Crippen LogP contribution in [0.25, 0.3) is 0 Å². The fourth-order valence-electron chi connectivity index (χ4n) is 3.24. The van der Waals surface area contributed by atoms with E-state index in [1.54, 1.807) is 13.3 Å². The highest BCUT2D eigenvalue weighted by Crippen LogP contribution is 2.45. The van der Waals surface area contributed by atoms with Crippen LogP contribution in [0, 0.1) is 0 Å². The van der Waals surface area contributed by atoms with E-state index in [9.17, 15) is 4.57 Å². The van der Waals surface area contributed by atoms with Crippen molar-refractivity contribution in [1.82, 2.24) is 15.0 Å². The molecule has 0 saturated heterocycles. The SMILES string of the molecule is CCP(=O)(CC)c1ccc(Nc2nc(Nc3cnc(C4CC4)o3)ncc2Cl)c(OC)c1. The quantitative estimate of drug-likeness (QED) is 0.401. The van der Waals surface area contributed by atoms with E-state index in [1.165, 1.54) is 6.20 Å². The Morgan fingerprint density at radius 2 is 1.97 bits per heavy atom. The van der Waals surface area contributed by atoms with Crippen molar-refractivity contribution in [2.24, 2.45) is 0 Å². The number of hydrogen-bond donors (Lipinski definition) is 2. The minimum Gasteiger partial charge on any atom is -0.495 e. The second kappa shape index (κ2) is 8.89. The van der Waals surface area contributed by atoms with Gasteiger partial charge < -0.3 is 19.0 Å². The van der Waals surface area contributed by atoms with Crippen LogP contribution in [-0.4, -0.2) is 34.4 Å². The molecule has 1 aromatic carbocycles. The Kier molecular flexibility index (Phi) is 6.21. The average molecular weight is 462 g/mol. The summed E-state index contributed by atoms with van der Waals surface area (Å²) in [4.78, 5) is 12.9. The topological polar surface area (TPSA) is 102 Å². The van der Waals surface area contributed by atoms with Crippen LogP contribution in [0.3, 0.4) is 0 Å². The molecule has 1 aliphatic carbocycles. The highest BCUT2D eigenvalue weighted by molar-refractivity contribution is 7.71. The highest BCUT2D eigenvalue weighted by atomic mass is 35.5. The third-order valence-corrected chi connectivity index (χ3v) is 8.90. The van der Waals surface area contributed by atoms with E-state index >= 15 is 0 Å². The minimum absolute atomic E-state index is 0.322. The molecule has 0 radical (unpaired) electrons. The first-order chi connectivity index (χ1) is 15.0. The number of benzene rings is 1. The molecule has 3 aromatic rings. The number of anilines is 4. The van der Waals surface area contributed by atoms with Gasteiger partial charge in [-0.25, -0.2) is 9.97 Å². The molecule has 1 saturated carbocycles. The Labute approximate surface area is 186 Å². The van der Waals surface area contributed by atoms with E-state index in [0.29, 0.717) is 52.4 Å². The second-order valence-corrected chi connectivity index (χ2v) is 11.4. The van der Waals surface area contributed by atoms with Crippen molar-refractivity contribution in [3.05, 3.63) is 41.5 Å². The number of nitrogens with zero attached hydrogens (tertiary/aromatic N) is 3. The zero-order valence-corrected chi connectivity index (χ0v) is 19.3. The summed E-state index contributed by atoms with van der Waals surface area (Å²) in [5.41, 5.74) is 0.659. The van der Waals surface area contributed by atoms with Crippen molar-refractivity contribution >= 4 is 47.4 Å². The van der Waals surface area contributed by atoms with Gasteiger partial charge in [-0.2, -0.15) is 4.98 Å². The lowest BCUT2D eigenvalue weighted by atomic mass is 10.3. The first-order valence-electron chi connectivity index (χ1n) is 10.2. The van der Waals surface area contributed by atoms with Gasteiger partial charge in [0.05, 0.1) is 25.2 Å². The van der Waals surface area contributed by atoms with Crippen molar-refractivity contribution in [1.29, 1.82) is 0 Å². The van der Waals surface area contributed by atoms with E-state index in [-0.39, 0.29) is 0 Å². The molecular formula is C21H25ClN5O3P. The van der Waals surface area contributed by atoms with Crippen LogP contribution in [0.2, 0.25) is 5.02 Å². The van der Waals surface area contributed by atoms with Crippen LogP contribution in [0.5, 0.6) is 5.75 Å². The average Bonchev–Trinajstić information content (AvgIpc) is 3.54. The van der Waals surface area contributed by atoms with Gasteiger partial charge in [0.25, 0.3) is 0 Å². The Morgan fingerprint density at radius 3 is 2.65 bits per heavy atom. The Balaban J connectivity index is 1.56. The molecule has 1 aliphatic rings. The van der Waals surface area contributed by atoms with Gasteiger partial charge >= 0.3 is 0 Å². The van der Waals surface area contributed by atoms with Crippen molar-refractivity contribution in [3.63, 3.8) is 0 Å². The van der Waals surface area contributed by atoms with Crippen LogP contribution >= 0.6 is 18.7 Å². The molecule has 4 rings (SSSR count). The van der Waals surface area contributed by atoms with E-state index in [2.05, 4.69) is 25.6 Å². The van der Waals surface area contributed by atoms with Gasteiger partial charge in [0.2, 0.25) is 11.8 Å². The molecule has 2 aromatic heterocycles. The number of methoxy groups -OCH3 is 1. The molecule has 164 valence electrons. The fraction of sp³-hybridized carbons (Fsp3) is 0.381. The van der Waals surface area contributed by atoms with Gasteiger partial charge in [-0.15, -0.1) is 0 Å². The first kappa shape index (κ1) is 21.7. The van der Waals surface area contributed by atoms with Crippen molar-refractivity contribution in [2.45, 2.75) is 32.6 Å². The summed E-state index contributed by atoms with van der Waals surface area (Å²) in [7, 11) is -0.846. The van der Waals surface area contributed by atoms with Crippen LogP contribution in [0.1, 0.15) is 38.5 Å². The molecule has 0 atom stereocenters. The van der Waals surface area contributed by atoms with Gasteiger partial charge in [-0.1, -0.05) is 25.4 Å². The van der Waals surface area contributed by atoms with E-state index in [1.807, 2.05) is 32.0 Å². The molecular weight excluding hydrogens is 437 g/mol. The normalized spacial score (nSPS) is 13.8. The van der Waals surface area contributed by atoms with Crippen molar-refractivity contribution in [3.8, 4) is 5.75 Å². The molecule has 31 heavy (non-hydrogen) atoms. The summed E-state index contributed by atoms with van der Waals surface area (Å²) in [5, 5.41) is 7.34. The summed E-state index contributed by atoms with van der Waals surface area (Å²) in [6.45, 7) is 3.89. The summed E-state index contributed by atoms with van der Waals surface area (Å²) in [5.74, 6) is 2.92. The molecule has 0 bridgehead atoms.